The quantitative estimate of drug-likeness (QED) is 0.761. The standard InChI is InChI=1S/C15H22N2/c1-3-11-17(14-9-10-14)12-15(2,16)13-7-5-4-6-8-13/h3-8,14H,1,9-12,16H2,2H3. The maximum absolute atomic E-state index is 6.46. The van der Waals surface area contributed by atoms with Gasteiger partial charge in [0, 0.05) is 19.1 Å². The molecule has 1 aromatic carbocycles. The van der Waals surface area contributed by atoms with Gasteiger partial charge in [0.25, 0.3) is 0 Å². The van der Waals surface area contributed by atoms with E-state index in [1.165, 1.54) is 18.4 Å². The van der Waals surface area contributed by atoms with Crippen LogP contribution in [0.5, 0.6) is 0 Å². The van der Waals surface area contributed by atoms with Crippen LogP contribution in [-0.4, -0.2) is 24.0 Å². The molecule has 2 nitrogen and oxygen atoms in total. The lowest BCUT2D eigenvalue weighted by atomic mass is 9.92. The summed E-state index contributed by atoms with van der Waals surface area (Å²) in [4.78, 5) is 2.44. The first-order valence-electron chi connectivity index (χ1n) is 6.33. The maximum Gasteiger partial charge on any atom is 0.0510 e. The lowest BCUT2D eigenvalue weighted by Gasteiger charge is -2.32. The number of benzene rings is 1. The van der Waals surface area contributed by atoms with Crippen LogP contribution in [0.4, 0.5) is 0 Å². The Labute approximate surface area is 104 Å². The average Bonchev–Trinajstić information content (AvgIpc) is 3.13. The molecule has 17 heavy (non-hydrogen) atoms. The van der Waals surface area contributed by atoms with Gasteiger partial charge in [0.1, 0.15) is 0 Å². The van der Waals surface area contributed by atoms with Gasteiger partial charge in [-0.15, -0.1) is 6.58 Å². The third-order valence-corrected chi connectivity index (χ3v) is 3.39. The zero-order chi connectivity index (χ0) is 12.3. The van der Waals surface area contributed by atoms with E-state index in [1.54, 1.807) is 0 Å². The minimum atomic E-state index is -0.285. The molecule has 1 fully saturated rings. The largest absolute Gasteiger partial charge is 0.321 e. The van der Waals surface area contributed by atoms with Crippen LogP contribution in [0.25, 0.3) is 0 Å². The minimum absolute atomic E-state index is 0.285. The average molecular weight is 230 g/mol. The Morgan fingerprint density at radius 1 is 1.41 bits per heavy atom. The molecule has 1 saturated carbocycles. The van der Waals surface area contributed by atoms with E-state index in [1.807, 2.05) is 12.1 Å². The van der Waals surface area contributed by atoms with Crippen molar-refractivity contribution in [2.45, 2.75) is 31.3 Å². The first kappa shape index (κ1) is 12.3. The predicted octanol–water partition coefficient (Wildman–Crippen LogP) is 2.51. The van der Waals surface area contributed by atoms with Gasteiger partial charge in [0.2, 0.25) is 0 Å². The molecule has 2 heteroatoms. The molecule has 0 bridgehead atoms. The molecule has 1 aliphatic rings. The fraction of sp³-hybridized carbons (Fsp3) is 0.467. The van der Waals surface area contributed by atoms with Crippen molar-refractivity contribution in [1.82, 2.24) is 4.90 Å². The number of hydrogen-bond acceptors (Lipinski definition) is 2. The molecule has 2 N–H and O–H groups in total. The molecule has 0 saturated heterocycles. The van der Waals surface area contributed by atoms with Crippen molar-refractivity contribution in [3.63, 3.8) is 0 Å². The van der Waals surface area contributed by atoms with Crippen LogP contribution in [0.15, 0.2) is 43.0 Å². The van der Waals surface area contributed by atoms with Gasteiger partial charge in [-0.05, 0) is 25.3 Å². The van der Waals surface area contributed by atoms with E-state index in [0.717, 1.165) is 19.1 Å². The number of nitrogens with two attached hydrogens (primary N) is 1. The lowest BCUT2D eigenvalue weighted by Crippen LogP contribution is -2.46. The topological polar surface area (TPSA) is 29.3 Å². The third-order valence-electron chi connectivity index (χ3n) is 3.39. The van der Waals surface area contributed by atoms with Gasteiger partial charge >= 0.3 is 0 Å². The molecule has 0 amide bonds. The molecule has 1 aliphatic carbocycles. The first-order chi connectivity index (χ1) is 8.13. The Morgan fingerprint density at radius 2 is 2.06 bits per heavy atom. The second-order valence-corrected chi connectivity index (χ2v) is 5.23. The van der Waals surface area contributed by atoms with Crippen molar-refractivity contribution in [2.75, 3.05) is 13.1 Å². The second kappa shape index (κ2) is 5.03. The van der Waals surface area contributed by atoms with Crippen LogP contribution in [0.2, 0.25) is 0 Å². The smallest absolute Gasteiger partial charge is 0.0510 e. The van der Waals surface area contributed by atoms with Crippen LogP contribution >= 0.6 is 0 Å². The monoisotopic (exact) mass is 230 g/mol. The second-order valence-electron chi connectivity index (χ2n) is 5.23. The number of hydrogen-bond donors (Lipinski definition) is 1. The molecule has 0 aliphatic heterocycles. The fourth-order valence-electron chi connectivity index (χ4n) is 2.28. The Hall–Kier alpha value is -1.12. The van der Waals surface area contributed by atoms with Gasteiger partial charge in [0.15, 0.2) is 0 Å². The van der Waals surface area contributed by atoms with Crippen LogP contribution in [0, 0.1) is 0 Å². The van der Waals surface area contributed by atoms with Crippen molar-refractivity contribution in [2.24, 2.45) is 5.73 Å². The summed E-state index contributed by atoms with van der Waals surface area (Å²) >= 11 is 0. The Morgan fingerprint density at radius 3 is 2.59 bits per heavy atom. The highest BCUT2D eigenvalue weighted by molar-refractivity contribution is 5.23. The summed E-state index contributed by atoms with van der Waals surface area (Å²) in [5.74, 6) is 0. The van der Waals surface area contributed by atoms with Crippen LogP contribution in [0.1, 0.15) is 25.3 Å². The van der Waals surface area contributed by atoms with E-state index >= 15 is 0 Å². The SMILES string of the molecule is C=CCN(CC(C)(N)c1ccccc1)C1CC1. The van der Waals surface area contributed by atoms with Crippen molar-refractivity contribution in [3.8, 4) is 0 Å². The Bertz CT molecular complexity index is 366. The maximum atomic E-state index is 6.46. The normalized spacial score (nSPS) is 19.0. The van der Waals surface area contributed by atoms with E-state index in [0.29, 0.717) is 0 Å². The van der Waals surface area contributed by atoms with Gasteiger partial charge in [-0.2, -0.15) is 0 Å². The van der Waals surface area contributed by atoms with Crippen molar-refractivity contribution in [1.29, 1.82) is 0 Å². The zero-order valence-electron chi connectivity index (χ0n) is 10.6. The molecular weight excluding hydrogens is 208 g/mol. The summed E-state index contributed by atoms with van der Waals surface area (Å²) in [7, 11) is 0. The zero-order valence-corrected chi connectivity index (χ0v) is 10.6. The molecule has 0 radical (unpaired) electrons. The van der Waals surface area contributed by atoms with Gasteiger partial charge in [-0.3, -0.25) is 4.90 Å². The highest BCUT2D eigenvalue weighted by Gasteiger charge is 2.33. The summed E-state index contributed by atoms with van der Waals surface area (Å²) < 4.78 is 0. The lowest BCUT2D eigenvalue weighted by molar-refractivity contribution is 0.228. The van der Waals surface area contributed by atoms with E-state index in [-0.39, 0.29) is 5.54 Å². The highest BCUT2D eigenvalue weighted by atomic mass is 15.2. The summed E-state index contributed by atoms with van der Waals surface area (Å²) in [5, 5.41) is 0. The molecule has 0 aromatic heterocycles. The predicted molar refractivity (Wildman–Crippen MR) is 72.8 cm³/mol. The summed E-state index contributed by atoms with van der Waals surface area (Å²) in [6, 6.07) is 11.1. The molecule has 0 heterocycles. The summed E-state index contributed by atoms with van der Waals surface area (Å²) in [6.07, 6.45) is 4.58. The van der Waals surface area contributed by atoms with Gasteiger partial charge in [-0.25, -0.2) is 0 Å². The van der Waals surface area contributed by atoms with Crippen LogP contribution < -0.4 is 5.73 Å². The van der Waals surface area contributed by atoms with Crippen molar-refractivity contribution >= 4 is 0 Å². The van der Waals surface area contributed by atoms with Gasteiger partial charge < -0.3 is 5.73 Å². The molecule has 1 atom stereocenters. The number of nitrogens with zero attached hydrogens (tertiary/aromatic N) is 1. The molecule has 92 valence electrons. The van der Waals surface area contributed by atoms with Crippen LogP contribution in [-0.2, 0) is 5.54 Å². The number of rotatable bonds is 6. The summed E-state index contributed by atoms with van der Waals surface area (Å²) in [5.41, 5.74) is 7.38. The van der Waals surface area contributed by atoms with Gasteiger partial charge in [0.05, 0.1) is 5.54 Å². The molecule has 1 unspecified atom stereocenters. The van der Waals surface area contributed by atoms with Gasteiger partial charge in [-0.1, -0.05) is 36.4 Å². The van der Waals surface area contributed by atoms with Crippen molar-refractivity contribution < 1.29 is 0 Å². The van der Waals surface area contributed by atoms with E-state index in [2.05, 4.69) is 42.7 Å². The Balaban J connectivity index is 2.07. The van der Waals surface area contributed by atoms with E-state index in [9.17, 15) is 0 Å². The third kappa shape index (κ3) is 3.18. The Kier molecular flexibility index (Phi) is 3.65. The van der Waals surface area contributed by atoms with Crippen molar-refractivity contribution in [3.05, 3.63) is 48.6 Å². The summed E-state index contributed by atoms with van der Waals surface area (Å²) in [6.45, 7) is 7.77. The molecular formula is C15H22N2. The fourth-order valence-corrected chi connectivity index (χ4v) is 2.28. The molecule has 1 aromatic rings. The molecule has 0 spiro atoms. The first-order valence-corrected chi connectivity index (χ1v) is 6.33. The minimum Gasteiger partial charge on any atom is -0.321 e. The molecule has 2 rings (SSSR count). The van der Waals surface area contributed by atoms with E-state index in [4.69, 9.17) is 5.73 Å². The van der Waals surface area contributed by atoms with E-state index < -0.39 is 0 Å². The highest BCUT2D eigenvalue weighted by Crippen LogP contribution is 2.29. The van der Waals surface area contributed by atoms with Crippen LogP contribution in [0.3, 0.4) is 0 Å².